The molecule has 0 radical (unpaired) electrons. The van der Waals surface area contributed by atoms with Gasteiger partial charge >= 0.3 is 0 Å². The van der Waals surface area contributed by atoms with Gasteiger partial charge in [-0.25, -0.2) is 0 Å². The summed E-state index contributed by atoms with van der Waals surface area (Å²) in [5.74, 6) is -0.147. The number of phenolic OH excluding ortho intramolecular Hbond substituents is 1. The summed E-state index contributed by atoms with van der Waals surface area (Å²) in [5.41, 5.74) is 2.14. The maximum absolute atomic E-state index is 12.0. The van der Waals surface area contributed by atoms with Crippen LogP contribution in [0.5, 0.6) is 5.75 Å². The predicted molar refractivity (Wildman–Crippen MR) is 84.4 cm³/mol. The van der Waals surface area contributed by atoms with Crippen molar-refractivity contribution in [2.24, 2.45) is 0 Å². The summed E-state index contributed by atoms with van der Waals surface area (Å²) in [6.07, 6.45) is 0. The molecule has 0 unspecified atom stereocenters. The van der Waals surface area contributed by atoms with Crippen molar-refractivity contribution < 1.29 is 15.0 Å². The lowest BCUT2D eigenvalue weighted by Gasteiger charge is -2.07. The fraction of sp³-hybridized carbons (Fsp3) is 0.133. The first-order chi connectivity index (χ1) is 9.60. The summed E-state index contributed by atoms with van der Waals surface area (Å²) >= 11 is 2.00. The molecule has 20 heavy (non-hydrogen) atoms. The minimum atomic E-state index is -0.244. The quantitative estimate of drug-likeness (QED) is 0.711. The number of amides is 1. The largest absolute Gasteiger partial charge is 0.507 e. The van der Waals surface area contributed by atoms with Crippen LogP contribution < -0.4 is 5.32 Å². The summed E-state index contributed by atoms with van der Waals surface area (Å²) in [5, 5.41) is 21.4. The lowest BCUT2D eigenvalue weighted by atomic mass is 10.1. The molecule has 0 saturated heterocycles. The Balaban J connectivity index is 2.02. The van der Waals surface area contributed by atoms with Gasteiger partial charge in [-0.15, -0.1) is 0 Å². The van der Waals surface area contributed by atoms with Crippen molar-refractivity contribution in [3.05, 3.63) is 62.7 Å². The highest BCUT2D eigenvalue weighted by atomic mass is 127. The maximum Gasteiger partial charge on any atom is 0.251 e. The molecule has 2 rings (SSSR count). The van der Waals surface area contributed by atoms with Crippen LogP contribution in [0.2, 0.25) is 0 Å². The van der Waals surface area contributed by atoms with Crippen molar-refractivity contribution in [1.82, 2.24) is 5.32 Å². The number of halogens is 1. The SMILES string of the molecule is O=C(NCc1cccc(CO)c1)c1ccc(I)c(O)c1. The molecular formula is C15H14INO3. The predicted octanol–water partition coefficient (Wildman–Crippen LogP) is 2.42. The number of rotatable bonds is 4. The number of aliphatic hydroxyl groups excluding tert-OH is 1. The van der Waals surface area contributed by atoms with Crippen LogP contribution in [0.3, 0.4) is 0 Å². The van der Waals surface area contributed by atoms with Crippen LogP contribution in [-0.4, -0.2) is 16.1 Å². The topological polar surface area (TPSA) is 69.6 Å². The van der Waals surface area contributed by atoms with E-state index >= 15 is 0 Å². The van der Waals surface area contributed by atoms with Gasteiger partial charge in [-0.3, -0.25) is 4.79 Å². The van der Waals surface area contributed by atoms with Crippen molar-refractivity contribution in [2.45, 2.75) is 13.2 Å². The Hall–Kier alpha value is -1.60. The zero-order valence-electron chi connectivity index (χ0n) is 10.6. The van der Waals surface area contributed by atoms with Gasteiger partial charge in [0.15, 0.2) is 0 Å². The number of aliphatic hydroxyl groups is 1. The Morgan fingerprint density at radius 2 is 1.90 bits per heavy atom. The van der Waals surface area contributed by atoms with Crippen LogP contribution in [0.25, 0.3) is 0 Å². The molecule has 4 nitrogen and oxygen atoms in total. The van der Waals surface area contributed by atoms with E-state index in [1.807, 2.05) is 46.9 Å². The molecule has 1 amide bonds. The maximum atomic E-state index is 12.0. The molecule has 2 aromatic rings. The van der Waals surface area contributed by atoms with Gasteiger partial charge in [-0.05, 0) is 51.9 Å². The smallest absolute Gasteiger partial charge is 0.251 e. The van der Waals surface area contributed by atoms with E-state index in [9.17, 15) is 9.90 Å². The van der Waals surface area contributed by atoms with Crippen molar-refractivity contribution in [3.63, 3.8) is 0 Å². The minimum absolute atomic E-state index is 0.0211. The van der Waals surface area contributed by atoms with Gasteiger partial charge < -0.3 is 15.5 Å². The molecule has 0 aliphatic heterocycles. The Kier molecular flexibility index (Phi) is 4.97. The summed E-state index contributed by atoms with van der Waals surface area (Å²) in [4.78, 5) is 12.0. The van der Waals surface area contributed by atoms with E-state index in [1.165, 1.54) is 6.07 Å². The summed E-state index contributed by atoms with van der Waals surface area (Å²) < 4.78 is 0.704. The van der Waals surface area contributed by atoms with Crippen LogP contribution in [0.4, 0.5) is 0 Å². The monoisotopic (exact) mass is 383 g/mol. The second-order valence-electron chi connectivity index (χ2n) is 4.33. The van der Waals surface area contributed by atoms with Gasteiger partial charge in [0.05, 0.1) is 10.2 Å². The number of nitrogens with one attached hydrogen (secondary N) is 1. The molecule has 0 atom stereocenters. The van der Waals surface area contributed by atoms with Crippen LogP contribution >= 0.6 is 22.6 Å². The first-order valence-electron chi connectivity index (χ1n) is 6.05. The van der Waals surface area contributed by atoms with Crippen molar-refractivity contribution >= 4 is 28.5 Å². The molecule has 0 saturated carbocycles. The lowest BCUT2D eigenvalue weighted by molar-refractivity contribution is 0.0950. The summed E-state index contributed by atoms with van der Waals surface area (Å²) in [6.45, 7) is 0.353. The number of carbonyl (C=O) groups is 1. The first-order valence-corrected chi connectivity index (χ1v) is 7.13. The molecule has 0 aliphatic carbocycles. The van der Waals surface area contributed by atoms with Gasteiger partial charge in [-0.2, -0.15) is 0 Å². The Morgan fingerprint density at radius 3 is 2.60 bits per heavy atom. The van der Waals surface area contributed by atoms with E-state index in [4.69, 9.17) is 5.11 Å². The molecule has 0 spiro atoms. The highest BCUT2D eigenvalue weighted by Crippen LogP contribution is 2.20. The van der Waals surface area contributed by atoms with Gasteiger partial charge in [0, 0.05) is 12.1 Å². The van der Waals surface area contributed by atoms with E-state index in [1.54, 1.807) is 12.1 Å². The highest BCUT2D eigenvalue weighted by Gasteiger charge is 2.08. The number of carbonyl (C=O) groups excluding carboxylic acids is 1. The van der Waals surface area contributed by atoms with Gasteiger partial charge in [0.25, 0.3) is 5.91 Å². The molecule has 3 N–H and O–H groups in total. The van der Waals surface area contributed by atoms with Crippen molar-refractivity contribution in [1.29, 1.82) is 0 Å². The molecule has 0 bridgehead atoms. The van der Waals surface area contributed by atoms with Crippen molar-refractivity contribution in [2.75, 3.05) is 0 Å². The second-order valence-corrected chi connectivity index (χ2v) is 5.49. The second kappa shape index (κ2) is 6.71. The zero-order valence-corrected chi connectivity index (χ0v) is 12.8. The fourth-order valence-corrected chi connectivity index (χ4v) is 2.11. The Bertz CT molecular complexity index is 628. The van der Waals surface area contributed by atoms with Crippen LogP contribution in [0.1, 0.15) is 21.5 Å². The number of phenols is 1. The Morgan fingerprint density at radius 1 is 1.15 bits per heavy atom. The molecule has 2 aromatic carbocycles. The molecule has 0 heterocycles. The number of hydrogen-bond acceptors (Lipinski definition) is 3. The van der Waals surface area contributed by atoms with E-state index in [0.29, 0.717) is 15.7 Å². The van der Waals surface area contributed by atoms with E-state index in [0.717, 1.165) is 11.1 Å². The number of aromatic hydroxyl groups is 1. The van der Waals surface area contributed by atoms with E-state index in [2.05, 4.69) is 5.32 Å². The van der Waals surface area contributed by atoms with E-state index in [-0.39, 0.29) is 18.3 Å². The molecular weight excluding hydrogens is 369 g/mol. The molecule has 5 heteroatoms. The summed E-state index contributed by atoms with van der Waals surface area (Å²) in [6, 6.07) is 12.2. The van der Waals surface area contributed by atoms with Gasteiger partial charge in [-0.1, -0.05) is 24.3 Å². The Labute approximate surface area is 130 Å². The third-order valence-electron chi connectivity index (χ3n) is 2.84. The first kappa shape index (κ1) is 14.8. The number of hydrogen-bond donors (Lipinski definition) is 3. The molecule has 0 fully saturated rings. The van der Waals surface area contributed by atoms with Gasteiger partial charge in [0.1, 0.15) is 5.75 Å². The minimum Gasteiger partial charge on any atom is -0.507 e. The average molecular weight is 383 g/mol. The third-order valence-corrected chi connectivity index (χ3v) is 3.75. The van der Waals surface area contributed by atoms with E-state index < -0.39 is 0 Å². The zero-order chi connectivity index (χ0) is 14.5. The number of benzene rings is 2. The third kappa shape index (κ3) is 3.71. The average Bonchev–Trinajstić information content (AvgIpc) is 2.47. The van der Waals surface area contributed by atoms with Crippen LogP contribution in [-0.2, 0) is 13.2 Å². The standard InChI is InChI=1S/C15H14INO3/c16-13-5-4-12(7-14(13)19)15(20)17-8-10-2-1-3-11(6-10)9-18/h1-7,18-19H,8-9H2,(H,17,20). The molecule has 0 aromatic heterocycles. The lowest BCUT2D eigenvalue weighted by Crippen LogP contribution is -2.22. The normalized spacial score (nSPS) is 10.3. The fourth-order valence-electron chi connectivity index (χ4n) is 1.78. The van der Waals surface area contributed by atoms with Crippen LogP contribution in [0.15, 0.2) is 42.5 Å². The molecule has 104 valence electrons. The summed E-state index contributed by atoms with van der Waals surface area (Å²) in [7, 11) is 0. The highest BCUT2D eigenvalue weighted by molar-refractivity contribution is 14.1. The van der Waals surface area contributed by atoms with Gasteiger partial charge in [0.2, 0.25) is 0 Å². The van der Waals surface area contributed by atoms with Crippen LogP contribution in [0, 0.1) is 3.57 Å². The molecule has 0 aliphatic rings. The van der Waals surface area contributed by atoms with Crippen molar-refractivity contribution in [3.8, 4) is 5.75 Å².